The van der Waals surface area contributed by atoms with Crippen LogP contribution >= 0.6 is 0 Å². The Morgan fingerprint density at radius 1 is 1.35 bits per heavy atom. The Balaban J connectivity index is 1.82. The van der Waals surface area contributed by atoms with E-state index in [1.54, 1.807) is 0 Å². The van der Waals surface area contributed by atoms with Gasteiger partial charge in [0, 0.05) is 12.1 Å². The molecule has 0 heterocycles. The SMILES string of the molecule is CN(C)C1(CNC(=O)[C@@H](N)Cc2ccccc2)CCC1. The summed E-state index contributed by atoms with van der Waals surface area (Å²) in [5.74, 6) is -0.0537. The summed E-state index contributed by atoms with van der Waals surface area (Å²) in [5, 5.41) is 3.02. The Kier molecular flexibility index (Phi) is 4.78. The van der Waals surface area contributed by atoms with E-state index in [4.69, 9.17) is 5.73 Å². The monoisotopic (exact) mass is 275 g/mol. The Labute approximate surface area is 121 Å². The van der Waals surface area contributed by atoms with Gasteiger partial charge in [-0.25, -0.2) is 0 Å². The van der Waals surface area contributed by atoms with E-state index in [-0.39, 0.29) is 11.4 Å². The molecule has 0 spiro atoms. The molecule has 3 N–H and O–H groups in total. The maximum atomic E-state index is 12.1. The molecular formula is C16H25N3O. The van der Waals surface area contributed by atoms with E-state index in [2.05, 4.69) is 24.3 Å². The molecule has 1 amide bonds. The topological polar surface area (TPSA) is 58.4 Å². The van der Waals surface area contributed by atoms with Gasteiger partial charge in [0.2, 0.25) is 5.91 Å². The van der Waals surface area contributed by atoms with Crippen molar-refractivity contribution < 1.29 is 4.79 Å². The molecule has 20 heavy (non-hydrogen) atoms. The Hall–Kier alpha value is -1.39. The molecular weight excluding hydrogens is 250 g/mol. The van der Waals surface area contributed by atoms with E-state index in [1.807, 2.05) is 30.3 Å². The second kappa shape index (κ2) is 6.37. The minimum absolute atomic E-state index is 0.0537. The van der Waals surface area contributed by atoms with E-state index in [1.165, 1.54) is 6.42 Å². The second-order valence-electron chi connectivity index (χ2n) is 5.99. The third kappa shape index (κ3) is 3.38. The number of nitrogens with two attached hydrogens (primary N) is 1. The van der Waals surface area contributed by atoms with Crippen molar-refractivity contribution in [3.8, 4) is 0 Å². The van der Waals surface area contributed by atoms with Gasteiger partial charge in [-0.1, -0.05) is 30.3 Å². The summed E-state index contributed by atoms with van der Waals surface area (Å²) >= 11 is 0. The number of benzene rings is 1. The smallest absolute Gasteiger partial charge is 0.237 e. The van der Waals surface area contributed by atoms with Gasteiger partial charge in [-0.3, -0.25) is 4.79 Å². The van der Waals surface area contributed by atoms with E-state index < -0.39 is 6.04 Å². The molecule has 0 aliphatic heterocycles. The van der Waals surface area contributed by atoms with Crippen molar-refractivity contribution in [1.29, 1.82) is 0 Å². The van der Waals surface area contributed by atoms with Crippen LogP contribution in [0, 0.1) is 0 Å². The zero-order chi connectivity index (χ0) is 14.6. The van der Waals surface area contributed by atoms with Gasteiger partial charge >= 0.3 is 0 Å². The minimum Gasteiger partial charge on any atom is -0.353 e. The van der Waals surface area contributed by atoms with Crippen LogP contribution in [0.2, 0.25) is 0 Å². The fraction of sp³-hybridized carbons (Fsp3) is 0.562. The lowest BCUT2D eigenvalue weighted by atomic mass is 9.75. The summed E-state index contributed by atoms with van der Waals surface area (Å²) in [7, 11) is 4.16. The molecule has 0 unspecified atom stereocenters. The van der Waals surface area contributed by atoms with Gasteiger partial charge in [0.05, 0.1) is 6.04 Å². The van der Waals surface area contributed by atoms with Crippen LogP contribution in [0.5, 0.6) is 0 Å². The predicted molar refractivity (Wildman–Crippen MR) is 81.4 cm³/mol. The first-order chi connectivity index (χ1) is 9.53. The van der Waals surface area contributed by atoms with Gasteiger partial charge in [-0.05, 0) is 45.3 Å². The normalized spacial score (nSPS) is 18.4. The molecule has 1 atom stereocenters. The lowest BCUT2D eigenvalue weighted by molar-refractivity contribution is -0.123. The van der Waals surface area contributed by atoms with Crippen LogP contribution in [0.25, 0.3) is 0 Å². The van der Waals surface area contributed by atoms with Crippen molar-refractivity contribution in [2.45, 2.75) is 37.3 Å². The summed E-state index contributed by atoms with van der Waals surface area (Å²) in [6.07, 6.45) is 4.12. The van der Waals surface area contributed by atoms with Crippen molar-refractivity contribution >= 4 is 5.91 Å². The third-order valence-corrected chi connectivity index (χ3v) is 4.46. The number of carbonyl (C=O) groups excluding carboxylic acids is 1. The summed E-state index contributed by atoms with van der Waals surface area (Å²) < 4.78 is 0. The number of likely N-dealkylation sites (N-methyl/N-ethyl adjacent to an activating group) is 1. The van der Waals surface area contributed by atoms with Crippen molar-refractivity contribution in [2.24, 2.45) is 5.73 Å². The average Bonchev–Trinajstić information content (AvgIpc) is 2.37. The van der Waals surface area contributed by atoms with E-state index in [0.717, 1.165) is 18.4 Å². The molecule has 1 aromatic carbocycles. The highest BCUT2D eigenvalue weighted by molar-refractivity contribution is 5.81. The van der Waals surface area contributed by atoms with Crippen LogP contribution in [-0.2, 0) is 11.2 Å². The minimum atomic E-state index is -0.475. The van der Waals surface area contributed by atoms with Crippen molar-refractivity contribution in [3.63, 3.8) is 0 Å². The average molecular weight is 275 g/mol. The highest BCUT2D eigenvalue weighted by Crippen LogP contribution is 2.35. The first kappa shape index (κ1) is 15.0. The van der Waals surface area contributed by atoms with Gasteiger partial charge in [-0.15, -0.1) is 0 Å². The van der Waals surface area contributed by atoms with Gasteiger partial charge in [0.1, 0.15) is 0 Å². The summed E-state index contributed by atoms with van der Waals surface area (Å²) in [4.78, 5) is 14.3. The molecule has 0 radical (unpaired) electrons. The summed E-state index contributed by atoms with van der Waals surface area (Å²) in [5.41, 5.74) is 7.23. The zero-order valence-electron chi connectivity index (χ0n) is 12.4. The zero-order valence-corrected chi connectivity index (χ0v) is 12.4. The van der Waals surface area contributed by atoms with Crippen LogP contribution in [0.1, 0.15) is 24.8 Å². The van der Waals surface area contributed by atoms with Gasteiger partial charge in [0.25, 0.3) is 0 Å². The number of nitrogens with one attached hydrogen (secondary N) is 1. The molecule has 1 aliphatic carbocycles. The molecule has 1 saturated carbocycles. The van der Waals surface area contributed by atoms with Crippen molar-refractivity contribution in [1.82, 2.24) is 10.2 Å². The van der Waals surface area contributed by atoms with Crippen LogP contribution in [0.4, 0.5) is 0 Å². The van der Waals surface area contributed by atoms with Crippen LogP contribution in [0.15, 0.2) is 30.3 Å². The molecule has 2 rings (SSSR count). The number of hydrogen-bond donors (Lipinski definition) is 2. The molecule has 0 aromatic heterocycles. The first-order valence-electron chi connectivity index (χ1n) is 7.28. The highest BCUT2D eigenvalue weighted by atomic mass is 16.2. The maximum Gasteiger partial charge on any atom is 0.237 e. The van der Waals surface area contributed by atoms with E-state index >= 15 is 0 Å². The predicted octanol–water partition coefficient (Wildman–Crippen LogP) is 1.16. The largest absolute Gasteiger partial charge is 0.353 e. The summed E-state index contributed by atoms with van der Waals surface area (Å²) in [6.45, 7) is 0.696. The lowest BCUT2D eigenvalue weighted by Gasteiger charge is -2.47. The summed E-state index contributed by atoms with van der Waals surface area (Å²) in [6, 6.07) is 9.43. The molecule has 4 nitrogen and oxygen atoms in total. The molecule has 1 aromatic rings. The second-order valence-corrected chi connectivity index (χ2v) is 5.99. The molecule has 1 fully saturated rings. The molecule has 0 saturated heterocycles. The molecule has 110 valence electrons. The Bertz CT molecular complexity index is 440. The third-order valence-electron chi connectivity index (χ3n) is 4.46. The first-order valence-corrected chi connectivity index (χ1v) is 7.28. The number of carbonyl (C=O) groups is 1. The van der Waals surface area contributed by atoms with Crippen molar-refractivity contribution in [3.05, 3.63) is 35.9 Å². The van der Waals surface area contributed by atoms with E-state index in [0.29, 0.717) is 13.0 Å². The Morgan fingerprint density at radius 2 is 2.00 bits per heavy atom. The number of hydrogen-bond acceptors (Lipinski definition) is 3. The number of nitrogens with zero attached hydrogens (tertiary/aromatic N) is 1. The van der Waals surface area contributed by atoms with Crippen LogP contribution in [0.3, 0.4) is 0 Å². The van der Waals surface area contributed by atoms with Gasteiger partial charge in [0.15, 0.2) is 0 Å². The molecule has 4 heteroatoms. The van der Waals surface area contributed by atoms with Gasteiger partial charge in [-0.2, -0.15) is 0 Å². The van der Waals surface area contributed by atoms with Crippen LogP contribution < -0.4 is 11.1 Å². The van der Waals surface area contributed by atoms with Crippen LogP contribution in [-0.4, -0.2) is 43.0 Å². The Morgan fingerprint density at radius 3 is 2.50 bits per heavy atom. The maximum absolute atomic E-state index is 12.1. The lowest BCUT2D eigenvalue weighted by Crippen LogP contribution is -2.58. The molecule has 1 aliphatic rings. The molecule has 0 bridgehead atoms. The van der Waals surface area contributed by atoms with Crippen molar-refractivity contribution in [2.75, 3.05) is 20.6 Å². The fourth-order valence-corrected chi connectivity index (χ4v) is 2.71. The highest BCUT2D eigenvalue weighted by Gasteiger charge is 2.39. The number of rotatable bonds is 6. The fourth-order valence-electron chi connectivity index (χ4n) is 2.71. The van der Waals surface area contributed by atoms with E-state index in [9.17, 15) is 4.79 Å². The van der Waals surface area contributed by atoms with Gasteiger partial charge < -0.3 is 16.0 Å². The quantitative estimate of drug-likeness (QED) is 0.819. The standard InChI is InChI=1S/C16H25N3O/c1-19(2)16(9-6-10-16)12-18-15(20)14(17)11-13-7-4-3-5-8-13/h3-5,7-8,14H,6,9-12,17H2,1-2H3,(H,18,20)/t14-/m0/s1. The number of amides is 1.